The molecule has 0 radical (unpaired) electrons. The minimum absolute atomic E-state index is 0.00396. The van der Waals surface area contributed by atoms with Gasteiger partial charge in [0.2, 0.25) is 0 Å². The van der Waals surface area contributed by atoms with Crippen molar-refractivity contribution in [2.45, 2.75) is 0 Å². The molecule has 4 aromatic rings. The van der Waals surface area contributed by atoms with Gasteiger partial charge in [0.1, 0.15) is 0 Å². The number of nitro groups is 1. The number of anilines is 1. The van der Waals surface area contributed by atoms with Gasteiger partial charge in [-0.2, -0.15) is 0 Å². The average molecular weight is 521 g/mol. The molecule has 0 aliphatic heterocycles. The Bertz CT molecular complexity index is 1340. The van der Waals surface area contributed by atoms with Gasteiger partial charge in [0.05, 0.1) is 0 Å². The second-order valence-electron chi connectivity index (χ2n) is 6.79. The Kier molecular flexibility index (Phi) is 6.63. The molecule has 0 aliphatic carbocycles. The summed E-state index contributed by atoms with van der Waals surface area (Å²) in [4.78, 5) is 41.0. The van der Waals surface area contributed by atoms with Crippen molar-refractivity contribution in [3.63, 3.8) is 0 Å². The number of benzene rings is 3. The summed E-state index contributed by atoms with van der Waals surface area (Å²) in [6.45, 7) is 0. The predicted octanol–water partition coefficient (Wildman–Crippen LogP) is 2.63. The maximum atomic E-state index is 13.2. The van der Waals surface area contributed by atoms with Crippen LogP contribution in [0.1, 0.15) is 25.6 Å². The van der Waals surface area contributed by atoms with Gasteiger partial charge in [0.15, 0.2) is 0 Å². The van der Waals surface area contributed by atoms with Gasteiger partial charge in [-0.3, -0.25) is 0 Å². The summed E-state index contributed by atoms with van der Waals surface area (Å²) < 4.78 is 1.54. The van der Waals surface area contributed by atoms with Gasteiger partial charge in [-0.1, -0.05) is 0 Å². The van der Waals surface area contributed by atoms with Gasteiger partial charge in [-0.25, -0.2) is 0 Å². The number of hydrogen-bond donors (Lipinski definition) is 2. The zero-order valence-electron chi connectivity index (χ0n) is 16.9. The third-order valence-electron chi connectivity index (χ3n) is 4.58. The normalized spacial score (nSPS) is 10.9. The summed E-state index contributed by atoms with van der Waals surface area (Å²) in [5.74, 6) is -0.892. The topological polar surface area (TPSA) is 122 Å². The van der Waals surface area contributed by atoms with Crippen molar-refractivity contribution in [3.8, 4) is 5.75 Å². The number of rotatable bonds is 7. The van der Waals surface area contributed by atoms with Crippen molar-refractivity contribution in [3.05, 3.63) is 105 Å². The molecule has 10 heteroatoms. The van der Waals surface area contributed by atoms with E-state index in [4.69, 9.17) is 0 Å². The molecule has 2 N–H and O–H groups in total. The van der Waals surface area contributed by atoms with Crippen LogP contribution < -0.4 is 13.5 Å². The number of amides is 1. The third kappa shape index (κ3) is 5.16. The number of carbonyl (C=O) groups is 2. The van der Waals surface area contributed by atoms with E-state index in [0.29, 0.717) is 9.36 Å². The fourth-order valence-corrected chi connectivity index (χ4v) is 6.88. The van der Waals surface area contributed by atoms with Crippen LogP contribution in [-0.4, -0.2) is 42.5 Å². The Hall–Kier alpha value is -3.81. The summed E-state index contributed by atoms with van der Waals surface area (Å²) in [5.41, 5.74) is 0.522. The molecule has 0 saturated heterocycles. The molecule has 0 spiro atoms. The number of thiazole rings is 1. The summed E-state index contributed by atoms with van der Waals surface area (Å²) in [5, 5.41) is 23.7. The molecule has 0 saturated carbocycles. The van der Waals surface area contributed by atoms with Crippen molar-refractivity contribution in [2.24, 2.45) is 0 Å². The Morgan fingerprint density at radius 2 is 1.64 bits per heavy atom. The summed E-state index contributed by atoms with van der Waals surface area (Å²) in [6.07, 6.45) is 0. The second kappa shape index (κ2) is 9.77. The van der Waals surface area contributed by atoms with Crippen LogP contribution in [0.3, 0.4) is 0 Å². The summed E-state index contributed by atoms with van der Waals surface area (Å²) in [7, 11) is 0. The van der Waals surface area contributed by atoms with Gasteiger partial charge in [-0.15, -0.1) is 0 Å². The van der Waals surface area contributed by atoms with Crippen LogP contribution in [0.5, 0.6) is 5.75 Å². The molecule has 0 bridgehead atoms. The zero-order chi connectivity index (χ0) is 23.4. The van der Waals surface area contributed by atoms with Crippen LogP contribution in [0.25, 0.3) is 0 Å². The van der Waals surface area contributed by atoms with Crippen molar-refractivity contribution in [1.29, 1.82) is 0 Å². The number of nitrogens with zero attached hydrogens (tertiary/aromatic N) is 2. The van der Waals surface area contributed by atoms with Crippen LogP contribution in [0.2, 0.25) is 0 Å². The number of para-hydroxylation sites is 1. The number of non-ortho nitro benzene ring substituents is 1. The quantitative estimate of drug-likeness (QED) is 0.167. The minimum atomic E-state index is -1.03. The van der Waals surface area contributed by atoms with Crippen LogP contribution >= 0.6 is 11.3 Å². The molecule has 1 heterocycles. The second-order valence-corrected chi connectivity index (χ2v) is 11.3. The van der Waals surface area contributed by atoms with E-state index < -0.39 is 32.4 Å². The number of phenols is 1. The van der Waals surface area contributed by atoms with Crippen LogP contribution in [0.15, 0.2) is 78.9 Å². The number of phenolic OH excluding ortho intramolecular Hbond substituents is 1. The molecule has 33 heavy (non-hydrogen) atoms. The molecular weight excluding hydrogens is 505 g/mol. The molecule has 3 aromatic carbocycles. The third-order valence-corrected chi connectivity index (χ3v) is 8.61. The van der Waals surface area contributed by atoms with E-state index in [1.54, 1.807) is 54.6 Å². The van der Waals surface area contributed by atoms with Gasteiger partial charge >= 0.3 is 199 Å². The van der Waals surface area contributed by atoms with E-state index in [9.17, 15) is 24.8 Å². The Labute approximate surface area is 198 Å². The monoisotopic (exact) mass is 521 g/mol. The molecule has 1 aromatic heterocycles. The standard InChI is InChI=1S/C23H16AsN3O5S/c28-18-9-5-4-8-17(18)19(29)20-21(25-22(30)14-6-2-1-3-7-14)26-23(33-20)24-15-10-12-16(13-11-15)27(31)32/h1-13,24,28H,(H,25,30). The van der Waals surface area contributed by atoms with E-state index in [0.717, 1.165) is 15.7 Å². The Balaban J connectivity index is 1.68. The van der Waals surface area contributed by atoms with Crippen molar-refractivity contribution >= 4 is 58.4 Å². The Morgan fingerprint density at radius 1 is 0.970 bits per heavy atom. The number of hydrogen-bond acceptors (Lipinski definition) is 7. The van der Waals surface area contributed by atoms with Crippen LogP contribution in [-0.2, 0) is 0 Å². The molecular formula is C23H16AsN3O5S. The van der Waals surface area contributed by atoms with Crippen molar-refractivity contribution in [1.82, 2.24) is 4.98 Å². The van der Waals surface area contributed by atoms with E-state index in [2.05, 4.69) is 10.3 Å². The maximum absolute atomic E-state index is 13.2. The van der Waals surface area contributed by atoms with Crippen molar-refractivity contribution in [2.75, 3.05) is 5.32 Å². The summed E-state index contributed by atoms with van der Waals surface area (Å²) >= 11 is 0.123. The predicted molar refractivity (Wildman–Crippen MR) is 128 cm³/mol. The van der Waals surface area contributed by atoms with Crippen molar-refractivity contribution < 1.29 is 19.6 Å². The molecule has 1 unspecified atom stereocenters. The first kappa shape index (κ1) is 22.4. The SMILES string of the molecule is O=C(Nc1nc([AsH]c2ccc([N+](=O)[O-])cc2)sc1C(=O)c1ccccc1O)c1ccccc1. The number of nitrogens with one attached hydrogen (secondary N) is 1. The molecule has 0 fully saturated rings. The van der Waals surface area contributed by atoms with Crippen LogP contribution in [0.4, 0.5) is 11.5 Å². The number of nitro benzene ring substituents is 1. The number of ketones is 1. The van der Waals surface area contributed by atoms with Crippen LogP contribution in [0, 0.1) is 10.1 Å². The molecule has 1 amide bonds. The average Bonchev–Trinajstić information content (AvgIpc) is 3.21. The van der Waals surface area contributed by atoms with Gasteiger partial charge in [-0.05, 0) is 0 Å². The molecule has 4 rings (SSSR count). The van der Waals surface area contributed by atoms with E-state index in [1.807, 2.05) is 0 Å². The first-order valence-electron chi connectivity index (χ1n) is 9.64. The Morgan fingerprint density at radius 3 is 2.30 bits per heavy atom. The van der Waals surface area contributed by atoms with Gasteiger partial charge in [0, 0.05) is 0 Å². The van der Waals surface area contributed by atoms with Gasteiger partial charge < -0.3 is 0 Å². The van der Waals surface area contributed by atoms with E-state index in [1.165, 1.54) is 24.3 Å². The fraction of sp³-hybridized carbons (Fsp3) is 0. The number of carbonyl (C=O) groups excluding carboxylic acids is 2. The number of aromatic nitrogens is 1. The zero-order valence-corrected chi connectivity index (χ0v) is 19.8. The molecule has 164 valence electrons. The summed E-state index contributed by atoms with van der Waals surface area (Å²) in [6, 6.07) is 20.9. The molecule has 1 atom stereocenters. The first-order chi connectivity index (χ1) is 15.9. The van der Waals surface area contributed by atoms with E-state index in [-0.39, 0.29) is 27.7 Å². The number of aromatic hydroxyl groups is 1. The fourth-order valence-electron chi connectivity index (χ4n) is 2.96. The van der Waals surface area contributed by atoms with E-state index >= 15 is 0 Å². The van der Waals surface area contributed by atoms with Gasteiger partial charge in [0.25, 0.3) is 0 Å². The molecule has 0 aliphatic rings. The molecule has 8 nitrogen and oxygen atoms in total. The first-order valence-corrected chi connectivity index (χ1v) is 12.6.